The minimum atomic E-state index is 0.0424. The third-order valence-electron chi connectivity index (χ3n) is 2.57. The highest BCUT2D eigenvalue weighted by molar-refractivity contribution is 14.1. The molecule has 0 unspecified atom stereocenters. The van der Waals surface area contributed by atoms with Crippen LogP contribution in [0.15, 0.2) is 30.3 Å². The Morgan fingerprint density at radius 2 is 2.00 bits per heavy atom. The zero-order valence-electron chi connectivity index (χ0n) is 10.0. The van der Waals surface area contributed by atoms with Gasteiger partial charge in [0.15, 0.2) is 5.78 Å². The molecule has 0 radical (unpaired) electrons. The van der Waals surface area contributed by atoms with E-state index in [-0.39, 0.29) is 11.7 Å². The highest BCUT2D eigenvalue weighted by atomic mass is 127. The summed E-state index contributed by atoms with van der Waals surface area (Å²) in [5.41, 5.74) is 1.13. The molecule has 0 spiro atoms. The maximum atomic E-state index is 11.9. The lowest BCUT2D eigenvalue weighted by molar-refractivity contribution is 0.0943. The molecule has 0 amide bonds. The molecule has 0 aliphatic heterocycles. The minimum Gasteiger partial charge on any atom is -0.293 e. The quantitative estimate of drug-likeness (QED) is 0.499. The molecule has 0 saturated carbocycles. The van der Waals surface area contributed by atoms with Crippen LogP contribution in [0.3, 0.4) is 0 Å². The minimum absolute atomic E-state index is 0.0424. The lowest BCUT2D eigenvalue weighted by Gasteiger charge is -2.02. The number of Topliss-reactive ketones (excluding diaryl/α,β-unsaturated/α-hetero) is 1. The molecule has 1 aromatic heterocycles. The summed E-state index contributed by atoms with van der Waals surface area (Å²) in [6.07, 6.45) is 0. The lowest BCUT2D eigenvalue weighted by atomic mass is 10.1. The molecular formula is C14H12ClIOS. The maximum absolute atomic E-state index is 11.9. The number of thiophene rings is 1. The van der Waals surface area contributed by atoms with E-state index < -0.39 is 0 Å². The number of rotatable bonds is 3. The largest absolute Gasteiger partial charge is 0.293 e. The van der Waals surface area contributed by atoms with Crippen molar-refractivity contribution in [2.75, 3.05) is 0 Å². The highest BCUT2D eigenvalue weighted by Gasteiger charge is 2.14. The van der Waals surface area contributed by atoms with Gasteiger partial charge in [-0.3, -0.25) is 4.79 Å². The van der Waals surface area contributed by atoms with E-state index in [1.807, 2.05) is 44.2 Å². The first-order valence-electron chi connectivity index (χ1n) is 5.58. The van der Waals surface area contributed by atoms with Crippen molar-refractivity contribution in [3.05, 3.63) is 43.8 Å². The molecule has 0 aliphatic carbocycles. The summed E-state index contributed by atoms with van der Waals surface area (Å²) in [4.78, 5) is 13.9. The average molecular weight is 391 g/mol. The van der Waals surface area contributed by atoms with E-state index in [2.05, 4.69) is 22.6 Å². The van der Waals surface area contributed by atoms with Gasteiger partial charge in [0.25, 0.3) is 0 Å². The van der Waals surface area contributed by atoms with E-state index in [1.165, 1.54) is 0 Å². The van der Waals surface area contributed by atoms with E-state index in [0.717, 1.165) is 23.9 Å². The zero-order valence-corrected chi connectivity index (χ0v) is 13.8. The first kappa shape index (κ1) is 14.0. The molecule has 0 atom stereocenters. The second kappa shape index (κ2) is 5.72. The molecule has 0 aliphatic rings. The number of carbonyl (C=O) groups excluding carboxylic acids is 1. The van der Waals surface area contributed by atoms with Gasteiger partial charge in [0.05, 0.1) is 4.88 Å². The predicted molar refractivity (Wildman–Crippen MR) is 86.7 cm³/mol. The predicted octanol–water partition coefficient (Wildman–Crippen LogP) is 5.51. The Hall–Kier alpha value is -0.390. The normalized spacial score (nSPS) is 10.9. The van der Waals surface area contributed by atoms with Gasteiger partial charge >= 0.3 is 0 Å². The number of benzene rings is 1. The van der Waals surface area contributed by atoms with Crippen LogP contribution in [-0.2, 0) is 0 Å². The van der Waals surface area contributed by atoms with Crippen LogP contribution in [0.5, 0.6) is 0 Å². The Labute approximate surface area is 129 Å². The first-order valence-corrected chi connectivity index (χ1v) is 7.86. The fourth-order valence-corrected chi connectivity index (χ4v) is 4.07. The second-order valence-corrected chi connectivity index (χ2v) is 6.99. The van der Waals surface area contributed by atoms with Gasteiger partial charge < -0.3 is 0 Å². The van der Waals surface area contributed by atoms with Gasteiger partial charge in [0, 0.05) is 25.0 Å². The van der Waals surface area contributed by atoms with Crippen LogP contribution < -0.4 is 0 Å². The molecule has 2 aromatic rings. The monoisotopic (exact) mass is 390 g/mol. The van der Waals surface area contributed by atoms with Crippen LogP contribution in [-0.4, -0.2) is 5.78 Å². The first-order chi connectivity index (χ1) is 8.49. The molecule has 2 rings (SSSR count). The maximum Gasteiger partial charge on any atom is 0.175 e. The van der Waals surface area contributed by atoms with Crippen LogP contribution in [0.2, 0.25) is 5.02 Å². The number of hydrogen-bond donors (Lipinski definition) is 0. The molecule has 0 saturated heterocycles. The van der Waals surface area contributed by atoms with Crippen LogP contribution >= 0.6 is 45.5 Å². The van der Waals surface area contributed by atoms with Crippen LogP contribution in [0.25, 0.3) is 10.4 Å². The topological polar surface area (TPSA) is 17.1 Å². The molecule has 0 N–H and O–H groups in total. The number of ketones is 1. The third kappa shape index (κ3) is 2.95. The highest BCUT2D eigenvalue weighted by Crippen LogP contribution is 2.33. The van der Waals surface area contributed by atoms with Gasteiger partial charge in [-0.25, -0.2) is 0 Å². The average Bonchev–Trinajstić information content (AvgIpc) is 2.77. The van der Waals surface area contributed by atoms with Gasteiger partial charge in [0.1, 0.15) is 0 Å². The summed E-state index contributed by atoms with van der Waals surface area (Å²) in [6, 6.07) is 9.72. The number of halogens is 2. The number of carbonyl (C=O) groups is 1. The number of hydrogen-bond acceptors (Lipinski definition) is 2. The smallest absolute Gasteiger partial charge is 0.175 e. The van der Waals surface area contributed by atoms with Gasteiger partial charge in [-0.05, 0) is 46.9 Å². The summed E-state index contributed by atoms with van der Waals surface area (Å²) >= 11 is 9.76. The van der Waals surface area contributed by atoms with Crippen molar-refractivity contribution >= 4 is 51.3 Å². The molecular weight excluding hydrogens is 379 g/mol. The van der Waals surface area contributed by atoms with Crippen LogP contribution in [0.4, 0.5) is 0 Å². The fraction of sp³-hybridized carbons (Fsp3) is 0.214. The second-order valence-electron chi connectivity index (χ2n) is 4.31. The summed E-state index contributed by atoms with van der Waals surface area (Å²) < 4.78 is 1.10. The Morgan fingerprint density at radius 1 is 1.28 bits per heavy atom. The van der Waals surface area contributed by atoms with Crippen LogP contribution in [0.1, 0.15) is 23.5 Å². The van der Waals surface area contributed by atoms with Crippen molar-refractivity contribution in [1.29, 1.82) is 0 Å². The SMILES string of the molecule is CC(C)C(=O)c1ccc(-c2ccc(Cl)cc2I)s1. The molecule has 0 bridgehead atoms. The van der Waals surface area contributed by atoms with E-state index in [9.17, 15) is 4.79 Å². The molecule has 18 heavy (non-hydrogen) atoms. The van der Waals surface area contributed by atoms with E-state index in [4.69, 9.17) is 11.6 Å². The summed E-state index contributed by atoms with van der Waals surface area (Å²) in [7, 11) is 0. The van der Waals surface area contributed by atoms with Crippen molar-refractivity contribution in [1.82, 2.24) is 0 Å². The molecule has 94 valence electrons. The molecule has 1 aromatic carbocycles. The van der Waals surface area contributed by atoms with Crippen LogP contribution in [0, 0.1) is 9.49 Å². The standard InChI is InChI=1S/C14H12ClIOS/c1-8(2)14(17)13-6-5-12(18-13)10-4-3-9(15)7-11(10)16/h3-8H,1-2H3. The zero-order chi connectivity index (χ0) is 13.3. The molecule has 1 heterocycles. The summed E-state index contributed by atoms with van der Waals surface area (Å²) in [5.74, 6) is 0.246. The van der Waals surface area contributed by atoms with Gasteiger partial charge in [-0.2, -0.15) is 0 Å². The van der Waals surface area contributed by atoms with E-state index in [1.54, 1.807) is 11.3 Å². The van der Waals surface area contributed by atoms with Gasteiger partial charge in [-0.1, -0.05) is 31.5 Å². The summed E-state index contributed by atoms with van der Waals surface area (Å²) in [6.45, 7) is 3.85. The Bertz CT molecular complexity index is 589. The van der Waals surface area contributed by atoms with Crippen molar-refractivity contribution < 1.29 is 4.79 Å². The molecule has 0 fully saturated rings. The van der Waals surface area contributed by atoms with Gasteiger partial charge in [0.2, 0.25) is 0 Å². The fourth-order valence-electron chi connectivity index (χ4n) is 1.59. The lowest BCUT2D eigenvalue weighted by Crippen LogP contribution is -2.04. The van der Waals surface area contributed by atoms with E-state index in [0.29, 0.717) is 0 Å². The Balaban J connectivity index is 2.38. The van der Waals surface area contributed by atoms with Crippen molar-refractivity contribution in [3.63, 3.8) is 0 Å². The van der Waals surface area contributed by atoms with Crippen molar-refractivity contribution in [3.8, 4) is 10.4 Å². The third-order valence-corrected chi connectivity index (χ3v) is 4.83. The molecule has 1 nitrogen and oxygen atoms in total. The van der Waals surface area contributed by atoms with E-state index >= 15 is 0 Å². The van der Waals surface area contributed by atoms with Crippen molar-refractivity contribution in [2.45, 2.75) is 13.8 Å². The van der Waals surface area contributed by atoms with Gasteiger partial charge in [-0.15, -0.1) is 11.3 Å². The Morgan fingerprint density at radius 3 is 2.61 bits per heavy atom. The van der Waals surface area contributed by atoms with Crippen molar-refractivity contribution in [2.24, 2.45) is 5.92 Å². The molecule has 4 heteroatoms. The summed E-state index contributed by atoms with van der Waals surface area (Å²) in [5, 5.41) is 0.734. The Kier molecular flexibility index (Phi) is 4.45.